The summed E-state index contributed by atoms with van der Waals surface area (Å²) in [4.78, 5) is 15.6. The van der Waals surface area contributed by atoms with Gasteiger partial charge in [0.05, 0.1) is 12.8 Å². The van der Waals surface area contributed by atoms with Crippen molar-refractivity contribution in [3.05, 3.63) is 45.8 Å². The summed E-state index contributed by atoms with van der Waals surface area (Å²) in [5, 5.41) is 4.64. The quantitative estimate of drug-likeness (QED) is 0.700. The van der Waals surface area contributed by atoms with E-state index in [9.17, 15) is 4.79 Å². The molecular formula is C23H33N3O2. The second kappa shape index (κ2) is 8.48. The summed E-state index contributed by atoms with van der Waals surface area (Å²) in [6, 6.07) is 3.96. The summed E-state index contributed by atoms with van der Waals surface area (Å²) < 4.78 is 7.52. The Morgan fingerprint density at radius 2 is 1.89 bits per heavy atom. The minimum absolute atomic E-state index is 0.0581. The van der Waals surface area contributed by atoms with E-state index in [2.05, 4.69) is 35.5 Å². The number of aromatic nitrogens is 2. The van der Waals surface area contributed by atoms with E-state index in [0.717, 1.165) is 67.2 Å². The van der Waals surface area contributed by atoms with Gasteiger partial charge in [0, 0.05) is 42.4 Å². The standard InChI is InChI=1S/C23H33N3O2/c1-7-26-18(5)21(17(4)24-26)14-25-10-8-9-19(13-25)22(27)20-11-15(2)23(28-6)16(3)12-20/h11-12,19H,7-10,13-14H2,1-6H3/t19-/m0/s1. The Bertz CT molecular complexity index is 846. The van der Waals surface area contributed by atoms with Crippen LogP contribution in [0.1, 0.15) is 58.2 Å². The van der Waals surface area contributed by atoms with Crippen LogP contribution in [0.25, 0.3) is 0 Å². The molecule has 0 bridgehead atoms. The third-order valence-corrected chi connectivity index (χ3v) is 6.04. The lowest BCUT2D eigenvalue weighted by Gasteiger charge is -2.32. The molecule has 2 aromatic rings. The van der Waals surface area contributed by atoms with Crippen molar-refractivity contribution in [3.8, 4) is 5.75 Å². The highest BCUT2D eigenvalue weighted by atomic mass is 16.5. The number of likely N-dealkylation sites (tertiary alicyclic amines) is 1. The molecular weight excluding hydrogens is 350 g/mol. The molecule has 0 radical (unpaired) electrons. The van der Waals surface area contributed by atoms with Crippen molar-refractivity contribution in [1.82, 2.24) is 14.7 Å². The van der Waals surface area contributed by atoms with Gasteiger partial charge in [-0.3, -0.25) is 14.4 Å². The highest BCUT2D eigenvalue weighted by molar-refractivity contribution is 5.98. The van der Waals surface area contributed by atoms with Crippen molar-refractivity contribution < 1.29 is 9.53 Å². The van der Waals surface area contributed by atoms with Crippen molar-refractivity contribution in [3.63, 3.8) is 0 Å². The second-order valence-corrected chi connectivity index (χ2v) is 8.05. The zero-order chi connectivity index (χ0) is 20.4. The molecule has 5 nitrogen and oxygen atoms in total. The molecule has 1 saturated heterocycles. The fraction of sp³-hybridized carbons (Fsp3) is 0.565. The molecule has 5 heteroatoms. The van der Waals surface area contributed by atoms with Gasteiger partial charge in [-0.15, -0.1) is 0 Å². The number of rotatable bonds is 6. The van der Waals surface area contributed by atoms with E-state index in [1.165, 1.54) is 11.3 Å². The molecule has 0 saturated carbocycles. The van der Waals surface area contributed by atoms with Gasteiger partial charge in [0.25, 0.3) is 0 Å². The van der Waals surface area contributed by atoms with E-state index in [4.69, 9.17) is 4.74 Å². The highest BCUT2D eigenvalue weighted by Gasteiger charge is 2.28. The van der Waals surface area contributed by atoms with Crippen molar-refractivity contribution in [2.75, 3.05) is 20.2 Å². The van der Waals surface area contributed by atoms with Gasteiger partial charge < -0.3 is 4.74 Å². The summed E-state index contributed by atoms with van der Waals surface area (Å²) in [5.41, 5.74) is 6.53. The van der Waals surface area contributed by atoms with E-state index in [0.29, 0.717) is 0 Å². The molecule has 1 fully saturated rings. The van der Waals surface area contributed by atoms with E-state index in [-0.39, 0.29) is 11.7 Å². The molecule has 1 atom stereocenters. The van der Waals surface area contributed by atoms with Crippen LogP contribution in [-0.2, 0) is 13.1 Å². The van der Waals surface area contributed by atoms with Crippen LogP contribution in [0.2, 0.25) is 0 Å². The fourth-order valence-corrected chi connectivity index (χ4v) is 4.56. The van der Waals surface area contributed by atoms with Crippen LogP contribution in [0.15, 0.2) is 12.1 Å². The molecule has 0 N–H and O–H groups in total. The van der Waals surface area contributed by atoms with Gasteiger partial charge in [-0.1, -0.05) is 0 Å². The number of hydrogen-bond acceptors (Lipinski definition) is 4. The average Bonchev–Trinajstić information content (AvgIpc) is 2.95. The topological polar surface area (TPSA) is 47.4 Å². The average molecular weight is 384 g/mol. The van der Waals surface area contributed by atoms with Crippen LogP contribution in [0.4, 0.5) is 0 Å². The Hall–Kier alpha value is -2.14. The zero-order valence-electron chi connectivity index (χ0n) is 18.1. The molecule has 28 heavy (non-hydrogen) atoms. The lowest BCUT2D eigenvalue weighted by Crippen LogP contribution is -2.38. The van der Waals surface area contributed by atoms with E-state index >= 15 is 0 Å². The molecule has 0 unspecified atom stereocenters. The number of methoxy groups -OCH3 is 1. The molecule has 1 aromatic carbocycles. The third-order valence-electron chi connectivity index (χ3n) is 6.04. The van der Waals surface area contributed by atoms with Crippen molar-refractivity contribution in [2.45, 2.75) is 60.5 Å². The summed E-state index contributed by atoms with van der Waals surface area (Å²) in [7, 11) is 1.68. The molecule has 3 rings (SSSR count). The van der Waals surface area contributed by atoms with Crippen LogP contribution in [0.3, 0.4) is 0 Å². The summed E-state index contributed by atoms with van der Waals surface area (Å²) in [6.45, 7) is 14.0. The fourth-order valence-electron chi connectivity index (χ4n) is 4.56. The number of Topliss-reactive ketones (excluding diaryl/α,β-unsaturated/α-hetero) is 1. The summed E-state index contributed by atoms with van der Waals surface area (Å²) >= 11 is 0. The van der Waals surface area contributed by atoms with Gasteiger partial charge in [-0.05, 0) is 77.3 Å². The number of benzene rings is 1. The van der Waals surface area contributed by atoms with Crippen LogP contribution in [-0.4, -0.2) is 40.7 Å². The van der Waals surface area contributed by atoms with Crippen molar-refractivity contribution in [1.29, 1.82) is 0 Å². The molecule has 1 aromatic heterocycles. The van der Waals surface area contributed by atoms with Crippen LogP contribution in [0, 0.1) is 33.6 Å². The second-order valence-electron chi connectivity index (χ2n) is 8.05. The number of ketones is 1. The van der Waals surface area contributed by atoms with Crippen molar-refractivity contribution in [2.24, 2.45) is 5.92 Å². The Morgan fingerprint density at radius 3 is 2.46 bits per heavy atom. The molecule has 152 valence electrons. The largest absolute Gasteiger partial charge is 0.496 e. The smallest absolute Gasteiger partial charge is 0.167 e. The van der Waals surface area contributed by atoms with E-state index in [1.807, 2.05) is 26.0 Å². The molecule has 0 aliphatic carbocycles. The van der Waals surface area contributed by atoms with Gasteiger partial charge >= 0.3 is 0 Å². The summed E-state index contributed by atoms with van der Waals surface area (Å²) in [5.74, 6) is 1.19. The molecule has 1 aliphatic heterocycles. The maximum atomic E-state index is 13.2. The van der Waals surface area contributed by atoms with E-state index in [1.54, 1.807) is 7.11 Å². The third kappa shape index (κ3) is 4.00. The van der Waals surface area contributed by atoms with Crippen LogP contribution in [0.5, 0.6) is 5.75 Å². The normalized spacial score (nSPS) is 17.7. The first-order valence-electron chi connectivity index (χ1n) is 10.3. The Morgan fingerprint density at radius 1 is 1.21 bits per heavy atom. The van der Waals surface area contributed by atoms with Crippen LogP contribution < -0.4 is 4.74 Å². The first kappa shape index (κ1) is 20.6. The lowest BCUT2D eigenvalue weighted by molar-refractivity contribution is 0.0811. The zero-order valence-corrected chi connectivity index (χ0v) is 18.1. The predicted molar refractivity (Wildman–Crippen MR) is 112 cm³/mol. The number of hydrogen-bond donors (Lipinski definition) is 0. The maximum Gasteiger partial charge on any atom is 0.167 e. The summed E-state index contributed by atoms with van der Waals surface area (Å²) in [6.07, 6.45) is 2.02. The van der Waals surface area contributed by atoms with Crippen LogP contribution >= 0.6 is 0 Å². The minimum atomic E-state index is 0.0581. The number of ether oxygens (including phenoxy) is 1. The monoisotopic (exact) mass is 383 g/mol. The number of aryl methyl sites for hydroxylation is 4. The number of piperidine rings is 1. The van der Waals surface area contributed by atoms with Gasteiger partial charge in [0.15, 0.2) is 5.78 Å². The van der Waals surface area contributed by atoms with Gasteiger partial charge in [0.2, 0.25) is 0 Å². The van der Waals surface area contributed by atoms with Gasteiger partial charge in [-0.2, -0.15) is 5.10 Å². The maximum absolute atomic E-state index is 13.2. The SMILES string of the molecule is CCn1nc(C)c(CN2CCC[C@H](C(=O)c3cc(C)c(OC)c(C)c3)C2)c1C. The number of carbonyl (C=O) groups excluding carboxylic acids is 1. The first-order chi connectivity index (χ1) is 13.3. The molecule has 0 amide bonds. The molecule has 2 heterocycles. The molecule has 0 spiro atoms. The minimum Gasteiger partial charge on any atom is -0.496 e. The van der Waals surface area contributed by atoms with Crippen molar-refractivity contribution >= 4 is 5.78 Å². The van der Waals surface area contributed by atoms with Gasteiger partial charge in [0.1, 0.15) is 5.75 Å². The number of carbonyl (C=O) groups is 1. The Balaban J connectivity index is 1.75. The first-order valence-corrected chi connectivity index (χ1v) is 10.3. The Kier molecular flexibility index (Phi) is 6.23. The Labute approximate surface area is 168 Å². The van der Waals surface area contributed by atoms with Gasteiger partial charge in [-0.25, -0.2) is 0 Å². The van der Waals surface area contributed by atoms with E-state index < -0.39 is 0 Å². The number of nitrogens with zero attached hydrogens (tertiary/aromatic N) is 3. The molecule has 1 aliphatic rings. The predicted octanol–water partition coefficient (Wildman–Crippen LogP) is 4.24. The lowest BCUT2D eigenvalue weighted by atomic mass is 9.88. The highest BCUT2D eigenvalue weighted by Crippen LogP contribution is 2.28.